The summed E-state index contributed by atoms with van der Waals surface area (Å²) in [4.78, 5) is 12.1. The summed E-state index contributed by atoms with van der Waals surface area (Å²) in [6, 6.07) is 106. The van der Waals surface area contributed by atoms with Gasteiger partial charge in [0.1, 0.15) is 0 Å². The number of rotatable bonds is 11. The Bertz CT molecular complexity index is 3320. The van der Waals surface area contributed by atoms with Crippen LogP contribution in [-0.2, 0) is 0 Å². The summed E-state index contributed by atoms with van der Waals surface area (Å²) in [6.07, 6.45) is 0. The van der Waals surface area contributed by atoms with Crippen molar-refractivity contribution in [3.8, 4) is 0 Å². The number of para-hydroxylation sites is 8. The van der Waals surface area contributed by atoms with Gasteiger partial charge in [-0.1, -0.05) is 72.8 Å². The molecule has 11 aromatic rings. The fourth-order valence-corrected chi connectivity index (χ4v) is 18.5. The van der Waals surface area contributed by atoms with Gasteiger partial charge >= 0.3 is 357 Å². The van der Waals surface area contributed by atoms with Crippen LogP contribution in [0.2, 0.25) is 0 Å². The van der Waals surface area contributed by atoms with Crippen LogP contribution in [-0.4, -0.2) is 16.2 Å². The van der Waals surface area contributed by atoms with E-state index in [1.807, 2.05) is 0 Å². The number of hydrogen-bond acceptors (Lipinski definition) is 5. The summed E-state index contributed by atoms with van der Waals surface area (Å²) in [5, 5.41) is 0. The van der Waals surface area contributed by atoms with Gasteiger partial charge in [0.15, 0.2) is 0 Å². The first-order valence-corrected chi connectivity index (χ1v) is 28.3. The second-order valence-corrected chi connectivity index (χ2v) is 23.8. The van der Waals surface area contributed by atoms with Gasteiger partial charge in [0, 0.05) is 0 Å². The van der Waals surface area contributed by atoms with Gasteiger partial charge in [0.05, 0.1) is 0 Å². The maximum absolute atomic E-state index is 2.76. The van der Waals surface area contributed by atoms with E-state index in [2.05, 4.69) is 316 Å². The van der Waals surface area contributed by atoms with Crippen LogP contribution in [0.5, 0.6) is 0 Å². The minimum Gasteiger partial charge on any atom is -0.0602 e. The Morgan fingerprint density at radius 1 is 0.222 bits per heavy atom. The van der Waals surface area contributed by atoms with Gasteiger partial charge in [-0.05, 0) is 0 Å². The van der Waals surface area contributed by atoms with Crippen molar-refractivity contribution in [3.63, 3.8) is 0 Å². The molecular weight excluding hydrogens is 932 g/mol. The zero-order valence-electron chi connectivity index (χ0n) is 39.5. The van der Waals surface area contributed by atoms with Crippen LogP contribution in [0.25, 0.3) is 0 Å². The van der Waals surface area contributed by atoms with Gasteiger partial charge < -0.3 is 0 Å². The number of benzene rings is 11. The third-order valence-corrected chi connectivity index (χ3v) is 21.1. The molecule has 0 amide bonds. The van der Waals surface area contributed by atoms with Crippen LogP contribution in [0.3, 0.4) is 0 Å². The van der Waals surface area contributed by atoms with E-state index in [0.29, 0.717) is 0 Å². The van der Waals surface area contributed by atoms with E-state index in [9.17, 15) is 0 Å². The molecule has 2 aliphatic heterocycles. The molecule has 0 atom stereocenters. The van der Waals surface area contributed by atoms with E-state index in [4.69, 9.17) is 0 Å². The Hall–Kier alpha value is -8.94. The minimum absolute atomic E-state index is 1.05. The predicted molar refractivity (Wildman–Crippen MR) is 305 cm³/mol. The number of anilines is 15. The molecule has 2 heterocycles. The standard InChI is InChI=1S/C66H48N5.Ga/c1-9-25-52(26-10-1)67(53-27-11-2-12-28-53)60-41-45-62(46-42-60)71(63-47-43-61(44-48-63)68(54-29-13-3-14-30-54)55-31-15-4-16-32-55)66-50-64(69(56-33-17-5-18-34-56)57-35-19-6-20-36-57)49-65(51-66)70(58-37-21-7-22-38-58)59-39-23-8-24-40-59;/h1-35,37-39,41-48,50-51H;. The zero-order valence-corrected chi connectivity index (χ0v) is 41.9. The van der Waals surface area contributed by atoms with Crippen LogP contribution in [0.1, 0.15) is 0 Å². The molecule has 0 aromatic heterocycles. The first-order chi connectivity index (χ1) is 35.8. The van der Waals surface area contributed by atoms with Crippen molar-refractivity contribution in [2.45, 2.75) is 0 Å². The van der Waals surface area contributed by atoms with Crippen molar-refractivity contribution in [2.75, 3.05) is 24.5 Å². The first-order valence-electron chi connectivity index (χ1n) is 24.6. The van der Waals surface area contributed by atoms with Crippen molar-refractivity contribution in [1.29, 1.82) is 0 Å². The minimum atomic E-state index is -2.76. The zero-order chi connectivity index (χ0) is 47.8. The first kappa shape index (κ1) is 43.1. The number of nitrogens with zero attached hydrogens (tertiary/aromatic N) is 5. The molecule has 11 aromatic carbocycles. The Labute approximate surface area is 427 Å². The molecule has 0 aliphatic carbocycles. The molecule has 72 heavy (non-hydrogen) atoms. The third-order valence-electron chi connectivity index (χ3n) is 13.9. The van der Waals surface area contributed by atoms with Crippen LogP contribution >= 0.6 is 0 Å². The summed E-state index contributed by atoms with van der Waals surface area (Å²) in [5.41, 5.74) is 17.0. The average molecular weight is 981 g/mol. The second-order valence-electron chi connectivity index (χ2n) is 18.2. The van der Waals surface area contributed by atoms with Crippen LogP contribution in [0, 0.1) is 0 Å². The predicted octanol–water partition coefficient (Wildman–Crippen LogP) is 16.2. The SMILES string of the molecule is c1ccc(N(c2ccccc2)c2ccc(N(c3ccc(N(c4ccccc4)c4ccccc4)cc3)c3cc4[c]5c(c3)N(c3ccccc3)c3cccc[c]3[Ga]5[c]3ccccc3N4c3ccccc3)cc2)cc1. The van der Waals surface area contributed by atoms with E-state index >= 15 is 0 Å². The van der Waals surface area contributed by atoms with Crippen molar-refractivity contribution in [1.82, 2.24) is 0 Å². The van der Waals surface area contributed by atoms with Gasteiger partial charge in [-0.25, -0.2) is 0 Å². The van der Waals surface area contributed by atoms with Crippen LogP contribution in [0.4, 0.5) is 85.3 Å². The molecule has 0 saturated heterocycles. The fourth-order valence-electron chi connectivity index (χ4n) is 10.9. The molecule has 0 N–H and O–H groups in total. The quantitative estimate of drug-likeness (QED) is 0.120. The normalized spacial score (nSPS) is 12.1. The third kappa shape index (κ3) is 7.71. The summed E-state index contributed by atoms with van der Waals surface area (Å²) in [6.45, 7) is 0. The molecule has 6 heteroatoms. The molecule has 0 saturated carbocycles. The summed E-state index contributed by atoms with van der Waals surface area (Å²) >= 11 is -2.76. The number of hydrogen-bond donors (Lipinski definition) is 0. The number of fused-ring (bicyclic) bond motifs is 4. The van der Waals surface area contributed by atoms with Gasteiger partial charge in [-0.2, -0.15) is 0 Å². The van der Waals surface area contributed by atoms with E-state index < -0.39 is 16.2 Å². The van der Waals surface area contributed by atoms with E-state index in [-0.39, 0.29) is 0 Å². The molecule has 2 aliphatic rings. The molecule has 0 fully saturated rings. The molecule has 340 valence electrons. The Kier molecular flexibility index (Phi) is 11.2. The van der Waals surface area contributed by atoms with Gasteiger partial charge in [0.25, 0.3) is 0 Å². The fraction of sp³-hybridized carbons (Fsp3) is 0. The summed E-state index contributed by atoms with van der Waals surface area (Å²) in [7, 11) is 0. The Morgan fingerprint density at radius 2 is 0.472 bits per heavy atom. The van der Waals surface area contributed by atoms with Crippen LogP contribution < -0.4 is 36.9 Å². The molecule has 0 radical (unpaired) electrons. The van der Waals surface area contributed by atoms with Crippen molar-refractivity contribution < 1.29 is 0 Å². The molecule has 5 nitrogen and oxygen atoms in total. The van der Waals surface area contributed by atoms with E-state index in [1.165, 1.54) is 35.1 Å². The van der Waals surface area contributed by atoms with Gasteiger partial charge in [0.2, 0.25) is 0 Å². The van der Waals surface area contributed by atoms with Crippen molar-refractivity contribution >= 4 is 114 Å². The van der Waals surface area contributed by atoms with E-state index in [0.717, 1.165) is 62.6 Å². The Balaban J connectivity index is 1.05. The Morgan fingerprint density at radius 3 is 0.792 bits per heavy atom. The molecule has 0 spiro atoms. The second kappa shape index (κ2) is 18.8. The van der Waals surface area contributed by atoms with E-state index in [1.54, 1.807) is 0 Å². The topological polar surface area (TPSA) is 16.2 Å². The molecular formula is C66H48GaN5. The molecule has 0 bridgehead atoms. The average Bonchev–Trinajstić information content (AvgIpc) is 3.45. The maximum atomic E-state index is 2.52. The van der Waals surface area contributed by atoms with Crippen molar-refractivity contribution in [3.05, 3.63) is 291 Å². The van der Waals surface area contributed by atoms with Gasteiger partial charge in [-0.15, -0.1) is 0 Å². The van der Waals surface area contributed by atoms with Gasteiger partial charge in [-0.3, -0.25) is 0 Å². The van der Waals surface area contributed by atoms with Crippen molar-refractivity contribution in [2.24, 2.45) is 0 Å². The molecule has 13 rings (SSSR count). The smallest absolute Gasteiger partial charge is 0.0602 e. The van der Waals surface area contributed by atoms with Crippen LogP contribution in [0.15, 0.2) is 291 Å². The summed E-state index contributed by atoms with van der Waals surface area (Å²) < 4.78 is 4.41. The monoisotopic (exact) mass is 979 g/mol. The molecule has 0 unspecified atom stereocenters. The summed E-state index contributed by atoms with van der Waals surface area (Å²) in [5.74, 6) is 0.